The maximum Gasteiger partial charge on any atom is 0.408 e. The Kier molecular flexibility index (Phi) is 14.3. The Morgan fingerprint density at radius 1 is 0.938 bits per heavy atom. The van der Waals surface area contributed by atoms with Crippen molar-refractivity contribution in [1.82, 2.24) is 5.32 Å². The molecule has 2 aromatic rings. The Labute approximate surface area is 376 Å². The second-order valence-electron chi connectivity index (χ2n) is 18.9. The molecule has 1 heterocycles. The van der Waals surface area contributed by atoms with Gasteiger partial charge in [-0.25, -0.2) is 14.4 Å². The number of amides is 1. The number of carbonyl (C=O) groups is 5. The first kappa shape index (κ1) is 48.9. The van der Waals surface area contributed by atoms with Crippen LogP contribution in [-0.4, -0.2) is 115 Å². The summed E-state index contributed by atoms with van der Waals surface area (Å²) in [7, 11) is 3.05. The number of fused-ring (bicyclic) bond motifs is 5. The van der Waals surface area contributed by atoms with Gasteiger partial charge in [0.15, 0.2) is 17.5 Å². The average molecular weight is 886 g/mol. The fraction of sp³-hybridized carbons (Fsp3) is 0.596. The average Bonchev–Trinajstić information content (AvgIpc) is 3.23. The number of esters is 3. The standard InChI is InChI=1S/C47H61B2NO14/c1-11-48-63-31-23-32-46(25-58-32,61-27(4)51)37-39(60-40(54)29-21-17-14-18-22-29)47(57)24-30(26(3)33(44(47,8)9)36(64-49-12-2)38(53)45(31,37)10)59-41(55)35(52)34(28-19-15-13-16-20-28)50-42(56)62-43(5,6)7/h13-22,30-32,34-37,39,52,57H,11-12,23-25H2,1-10H3,(H,50,56)/t30-,31?,32+,34-,35+,36+,37-,39-,45+,46-,47+/m0/s1. The Balaban J connectivity index is 1.56. The normalized spacial score (nSPS) is 31.5. The molecule has 6 rings (SSSR count). The summed E-state index contributed by atoms with van der Waals surface area (Å²) in [5.74, 6) is -4.57. The first-order valence-corrected chi connectivity index (χ1v) is 22.0. The summed E-state index contributed by atoms with van der Waals surface area (Å²) >= 11 is 0. The van der Waals surface area contributed by atoms with Crippen LogP contribution in [-0.2, 0) is 47.4 Å². The van der Waals surface area contributed by atoms with E-state index in [0.29, 0.717) is 23.8 Å². The smallest absolute Gasteiger partial charge is 0.408 e. The van der Waals surface area contributed by atoms with E-state index in [1.54, 1.807) is 117 Å². The Hall–Kier alpha value is -4.54. The van der Waals surface area contributed by atoms with Crippen molar-refractivity contribution in [3.05, 3.63) is 82.9 Å². The predicted octanol–water partition coefficient (Wildman–Crippen LogP) is 5.42. The van der Waals surface area contributed by atoms with Crippen molar-refractivity contribution >= 4 is 44.7 Å². The highest BCUT2D eigenvalue weighted by Gasteiger charge is 2.78. The molecule has 17 heteroatoms. The van der Waals surface area contributed by atoms with Crippen molar-refractivity contribution in [3.8, 4) is 0 Å². The molecule has 3 aliphatic carbocycles. The number of rotatable bonds is 14. The highest BCUT2D eigenvalue weighted by atomic mass is 16.6. The van der Waals surface area contributed by atoms with Crippen LogP contribution in [0.1, 0.15) is 104 Å². The number of Topliss-reactive ketones (excluding diaryl/α,β-unsaturated/α-hetero) is 1. The lowest BCUT2D eigenvalue weighted by Crippen LogP contribution is -2.82. The van der Waals surface area contributed by atoms with Gasteiger partial charge < -0.3 is 48.5 Å². The summed E-state index contributed by atoms with van der Waals surface area (Å²) in [6.45, 7) is 16.5. The van der Waals surface area contributed by atoms with Gasteiger partial charge in [0, 0.05) is 25.2 Å². The third-order valence-electron chi connectivity index (χ3n) is 13.3. The molecule has 2 bridgehead atoms. The summed E-state index contributed by atoms with van der Waals surface area (Å²) < 4.78 is 43.5. The molecule has 2 aromatic carbocycles. The molecule has 1 unspecified atom stereocenters. The van der Waals surface area contributed by atoms with Crippen LogP contribution in [0.3, 0.4) is 0 Å². The molecule has 4 aliphatic rings. The lowest BCUT2D eigenvalue weighted by molar-refractivity contribution is -0.344. The number of benzene rings is 2. The number of ketones is 1. The van der Waals surface area contributed by atoms with Crippen LogP contribution >= 0.6 is 0 Å². The third-order valence-corrected chi connectivity index (χ3v) is 13.3. The molecule has 64 heavy (non-hydrogen) atoms. The SMILES string of the molecule is CC[B]OC1C[C@H]2OC[C@@]2(OC(C)=O)[C@H]2[C@H](OC(=O)c3ccccc3)[C@]3(O)C[C@H](OC(=O)[C@H](O)[C@@H](NC(=O)OC(C)(C)C)c4ccccc4)C(C)=C([C@@H](O[B]CC)C(=O)[C@]12C)C3(C)C. The lowest BCUT2D eigenvalue weighted by Gasteiger charge is -2.68. The number of hydrogen-bond acceptors (Lipinski definition) is 14. The molecule has 3 fully saturated rings. The van der Waals surface area contributed by atoms with E-state index in [0.717, 1.165) is 0 Å². The molecule has 1 amide bonds. The van der Waals surface area contributed by atoms with Gasteiger partial charge in [-0.1, -0.05) is 88.9 Å². The van der Waals surface area contributed by atoms with Gasteiger partial charge in [0.05, 0.1) is 35.6 Å². The number of carbonyl (C=O) groups excluding carboxylic acids is 5. The lowest BCUT2D eigenvalue weighted by atomic mass is 9.44. The van der Waals surface area contributed by atoms with E-state index in [4.69, 9.17) is 33.0 Å². The van der Waals surface area contributed by atoms with Crippen LogP contribution < -0.4 is 5.32 Å². The number of alkyl carbamates (subject to hydrolysis) is 1. The molecule has 1 saturated heterocycles. The van der Waals surface area contributed by atoms with Gasteiger partial charge in [-0.15, -0.1) is 0 Å². The van der Waals surface area contributed by atoms with Gasteiger partial charge in [0.25, 0.3) is 15.0 Å². The first-order chi connectivity index (χ1) is 30.1. The largest absolute Gasteiger partial charge is 0.456 e. The van der Waals surface area contributed by atoms with Crippen molar-refractivity contribution in [2.45, 2.75) is 154 Å². The minimum absolute atomic E-state index is 0.101. The molecule has 2 radical (unpaired) electrons. The van der Waals surface area contributed by atoms with Crippen molar-refractivity contribution in [2.75, 3.05) is 6.61 Å². The van der Waals surface area contributed by atoms with Crippen molar-refractivity contribution in [1.29, 1.82) is 0 Å². The van der Waals surface area contributed by atoms with Crippen LogP contribution in [0.15, 0.2) is 71.8 Å². The number of ether oxygens (including phenoxy) is 5. The number of hydrogen-bond donors (Lipinski definition) is 3. The minimum atomic E-state index is -2.25. The van der Waals surface area contributed by atoms with Gasteiger partial charge in [-0.3, -0.25) is 9.59 Å². The Morgan fingerprint density at radius 3 is 2.11 bits per heavy atom. The molecule has 15 nitrogen and oxygen atoms in total. The van der Waals surface area contributed by atoms with Crippen molar-refractivity contribution < 1.29 is 67.2 Å². The minimum Gasteiger partial charge on any atom is -0.456 e. The number of nitrogens with one attached hydrogen (secondary N) is 1. The molecule has 344 valence electrons. The number of aliphatic hydroxyl groups excluding tert-OH is 1. The number of aliphatic hydroxyl groups is 2. The summed E-state index contributed by atoms with van der Waals surface area (Å²) in [5.41, 5.74) is -6.89. The highest BCUT2D eigenvalue weighted by molar-refractivity contribution is 6.28. The zero-order valence-corrected chi connectivity index (χ0v) is 38.4. The van der Waals surface area contributed by atoms with Crippen LogP contribution in [0.2, 0.25) is 12.6 Å². The van der Waals surface area contributed by atoms with Gasteiger partial charge in [-0.05, 0) is 63.5 Å². The second kappa shape index (κ2) is 18.7. The zero-order chi connectivity index (χ0) is 47.0. The summed E-state index contributed by atoms with van der Waals surface area (Å²) in [4.78, 5) is 71.1. The highest BCUT2D eigenvalue weighted by Crippen LogP contribution is 2.65. The van der Waals surface area contributed by atoms with E-state index in [2.05, 4.69) is 5.32 Å². The zero-order valence-electron chi connectivity index (χ0n) is 38.4. The van der Waals surface area contributed by atoms with Crippen molar-refractivity contribution in [3.63, 3.8) is 0 Å². The molecular formula is C47H61B2NO14. The van der Waals surface area contributed by atoms with Gasteiger partial charge in [-0.2, -0.15) is 0 Å². The molecule has 0 spiro atoms. The maximum absolute atomic E-state index is 16.0. The topological polar surface area (TPSA) is 202 Å². The van der Waals surface area contributed by atoms with E-state index in [1.165, 1.54) is 14.4 Å². The Bertz CT molecular complexity index is 2090. The van der Waals surface area contributed by atoms with Gasteiger partial charge >= 0.3 is 24.0 Å². The predicted molar refractivity (Wildman–Crippen MR) is 234 cm³/mol. The molecular weight excluding hydrogens is 824 g/mol. The van der Waals surface area contributed by atoms with E-state index in [9.17, 15) is 29.4 Å². The summed E-state index contributed by atoms with van der Waals surface area (Å²) in [6, 6.07) is 15.1. The molecule has 0 aromatic heterocycles. The molecule has 11 atom stereocenters. The van der Waals surface area contributed by atoms with E-state index < -0.39 is 112 Å². The Morgan fingerprint density at radius 2 is 1.55 bits per heavy atom. The molecule has 1 aliphatic heterocycles. The van der Waals surface area contributed by atoms with Gasteiger partial charge in [0.2, 0.25) is 0 Å². The van der Waals surface area contributed by atoms with Crippen LogP contribution in [0.25, 0.3) is 0 Å². The second-order valence-corrected chi connectivity index (χ2v) is 18.9. The maximum atomic E-state index is 16.0. The monoisotopic (exact) mass is 885 g/mol. The van der Waals surface area contributed by atoms with E-state index >= 15 is 4.79 Å². The summed E-state index contributed by atoms with van der Waals surface area (Å²) in [5, 5.41) is 28.3. The first-order valence-electron chi connectivity index (χ1n) is 22.0. The van der Waals surface area contributed by atoms with Crippen LogP contribution in [0.5, 0.6) is 0 Å². The molecule has 3 N–H and O–H groups in total. The van der Waals surface area contributed by atoms with Crippen LogP contribution in [0, 0.1) is 16.7 Å². The third kappa shape index (κ3) is 8.90. The van der Waals surface area contributed by atoms with Crippen LogP contribution in [0.4, 0.5) is 4.79 Å². The van der Waals surface area contributed by atoms with E-state index in [1.807, 2.05) is 13.8 Å². The summed E-state index contributed by atoms with van der Waals surface area (Å²) in [6.07, 6.45) is -8.68. The fourth-order valence-electron chi connectivity index (χ4n) is 10.2. The van der Waals surface area contributed by atoms with Gasteiger partial charge in [0.1, 0.15) is 35.6 Å². The molecule has 2 saturated carbocycles. The fourth-order valence-corrected chi connectivity index (χ4v) is 10.2. The van der Waals surface area contributed by atoms with Crippen molar-refractivity contribution in [2.24, 2.45) is 16.7 Å². The van der Waals surface area contributed by atoms with E-state index in [-0.39, 0.29) is 24.2 Å². The quantitative estimate of drug-likeness (QED) is 0.0939.